The first-order valence-corrected chi connectivity index (χ1v) is 6.19. The van der Waals surface area contributed by atoms with E-state index < -0.39 is 0 Å². The molecule has 0 aliphatic carbocycles. The molecule has 0 saturated carbocycles. The summed E-state index contributed by atoms with van der Waals surface area (Å²) in [5.74, 6) is 0.881. The molecule has 1 aliphatic rings. The first-order chi connectivity index (χ1) is 8.81. The predicted molar refractivity (Wildman–Crippen MR) is 69.7 cm³/mol. The van der Waals surface area contributed by atoms with Gasteiger partial charge in [0.1, 0.15) is 12.4 Å². The van der Waals surface area contributed by atoms with Crippen LogP contribution in [-0.2, 0) is 6.54 Å². The lowest BCUT2D eigenvalue weighted by atomic mass is 10.2. The van der Waals surface area contributed by atoms with Crippen molar-refractivity contribution in [2.24, 2.45) is 0 Å². The lowest BCUT2D eigenvalue weighted by Gasteiger charge is -2.16. The third-order valence-corrected chi connectivity index (χ3v) is 2.90. The van der Waals surface area contributed by atoms with Gasteiger partial charge in [-0.1, -0.05) is 18.2 Å². The van der Waals surface area contributed by atoms with Crippen LogP contribution in [0.15, 0.2) is 24.3 Å². The molecule has 0 atom stereocenters. The summed E-state index contributed by atoms with van der Waals surface area (Å²) in [6.45, 7) is 3.42. The monoisotopic (exact) mass is 249 g/mol. The molecule has 0 unspecified atom stereocenters. The fraction of sp³-hybridized carbons (Fsp3) is 0.462. The summed E-state index contributed by atoms with van der Waals surface area (Å²) in [7, 11) is 1.91. The van der Waals surface area contributed by atoms with Crippen LogP contribution in [0.1, 0.15) is 5.56 Å². The van der Waals surface area contributed by atoms with Gasteiger partial charge in [0.15, 0.2) is 0 Å². The van der Waals surface area contributed by atoms with E-state index in [4.69, 9.17) is 4.74 Å². The fourth-order valence-electron chi connectivity index (χ4n) is 1.97. The molecule has 1 aromatic carbocycles. The standard InChI is InChI=1S/C13H19N3O2/c1-14-10-11-4-2-3-5-12(11)18-9-8-16-7-6-15-13(16)17/h2-5,14H,6-10H2,1H3,(H,15,17). The van der Waals surface area contributed by atoms with E-state index in [-0.39, 0.29) is 6.03 Å². The number of carbonyl (C=O) groups excluding carboxylic acids is 1. The summed E-state index contributed by atoms with van der Waals surface area (Å²) >= 11 is 0. The average molecular weight is 249 g/mol. The lowest BCUT2D eigenvalue weighted by molar-refractivity contribution is 0.202. The Labute approximate surface area is 107 Å². The van der Waals surface area contributed by atoms with E-state index in [2.05, 4.69) is 10.6 Å². The molecule has 1 heterocycles. The number of hydrogen-bond donors (Lipinski definition) is 2. The molecule has 1 saturated heterocycles. The molecule has 0 aromatic heterocycles. The molecule has 2 rings (SSSR count). The number of urea groups is 1. The van der Waals surface area contributed by atoms with E-state index in [0.717, 1.165) is 30.9 Å². The fourth-order valence-corrected chi connectivity index (χ4v) is 1.97. The highest BCUT2D eigenvalue weighted by molar-refractivity contribution is 5.76. The van der Waals surface area contributed by atoms with E-state index in [1.54, 1.807) is 4.90 Å². The number of nitrogens with one attached hydrogen (secondary N) is 2. The number of para-hydroxylation sites is 1. The van der Waals surface area contributed by atoms with Gasteiger partial charge in [-0.05, 0) is 13.1 Å². The average Bonchev–Trinajstić information content (AvgIpc) is 2.78. The van der Waals surface area contributed by atoms with Gasteiger partial charge in [0.05, 0.1) is 6.54 Å². The number of ether oxygens (including phenoxy) is 1. The van der Waals surface area contributed by atoms with Crippen molar-refractivity contribution in [3.05, 3.63) is 29.8 Å². The van der Waals surface area contributed by atoms with Gasteiger partial charge < -0.3 is 20.3 Å². The molecule has 2 N–H and O–H groups in total. The van der Waals surface area contributed by atoms with Crippen molar-refractivity contribution in [1.29, 1.82) is 0 Å². The van der Waals surface area contributed by atoms with Crippen molar-refractivity contribution < 1.29 is 9.53 Å². The molecule has 0 bridgehead atoms. The van der Waals surface area contributed by atoms with Gasteiger partial charge in [-0.3, -0.25) is 0 Å². The maximum atomic E-state index is 11.3. The highest BCUT2D eigenvalue weighted by atomic mass is 16.5. The highest BCUT2D eigenvalue weighted by Gasteiger charge is 2.18. The van der Waals surface area contributed by atoms with E-state index in [1.807, 2.05) is 31.3 Å². The van der Waals surface area contributed by atoms with E-state index in [0.29, 0.717) is 13.2 Å². The topological polar surface area (TPSA) is 53.6 Å². The summed E-state index contributed by atoms with van der Waals surface area (Å²) in [4.78, 5) is 13.1. The molecule has 0 spiro atoms. The largest absolute Gasteiger partial charge is 0.491 e. The highest BCUT2D eigenvalue weighted by Crippen LogP contribution is 2.17. The summed E-state index contributed by atoms with van der Waals surface area (Å²) in [5, 5.41) is 5.88. The van der Waals surface area contributed by atoms with Gasteiger partial charge in [0, 0.05) is 25.2 Å². The Hall–Kier alpha value is -1.75. The maximum Gasteiger partial charge on any atom is 0.317 e. The second kappa shape index (κ2) is 6.26. The zero-order chi connectivity index (χ0) is 12.8. The number of nitrogens with zero attached hydrogens (tertiary/aromatic N) is 1. The summed E-state index contributed by atoms with van der Waals surface area (Å²) in [6, 6.07) is 7.94. The number of benzene rings is 1. The van der Waals surface area contributed by atoms with Crippen LogP contribution in [0.2, 0.25) is 0 Å². The van der Waals surface area contributed by atoms with Crippen LogP contribution in [-0.4, -0.2) is 44.2 Å². The lowest BCUT2D eigenvalue weighted by Crippen LogP contribution is -2.31. The van der Waals surface area contributed by atoms with Crippen LogP contribution in [0.3, 0.4) is 0 Å². The van der Waals surface area contributed by atoms with Crippen molar-refractivity contribution in [2.45, 2.75) is 6.54 Å². The van der Waals surface area contributed by atoms with Crippen molar-refractivity contribution >= 4 is 6.03 Å². The Morgan fingerprint density at radius 3 is 3.00 bits per heavy atom. The van der Waals surface area contributed by atoms with E-state index >= 15 is 0 Å². The smallest absolute Gasteiger partial charge is 0.317 e. The third kappa shape index (κ3) is 3.13. The first kappa shape index (κ1) is 12.7. The van der Waals surface area contributed by atoms with Crippen LogP contribution in [0, 0.1) is 0 Å². The van der Waals surface area contributed by atoms with Gasteiger partial charge in [0.2, 0.25) is 0 Å². The zero-order valence-corrected chi connectivity index (χ0v) is 10.6. The summed E-state index contributed by atoms with van der Waals surface area (Å²) in [6.07, 6.45) is 0. The van der Waals surface area contributed by atoms with Crippen molar-refractivity contribution in [1.82, 2.24) is 15.5 Å². The molecular weight excluding hydrogens is 230 g/mol. The number of amides is 2. The van der Waals surface area contributed by atoms with Crippen LogP contribution in [0.5, 0.6) is 5.75 Å². The number of hydrogen-bond acceptors (Lipinski definition) is 3. The Kier molecular flexibility index (Phi) is 4.41. The molecular formula is C13H19N3O2. The van der Waals surface area contributed by atoms with Gasteiger partial charge in [-0.25, -0.2) is 4.79 Å². The van der Waals surface area contributed by atoms with Crippen LogP contribution in [0.4, 0.5) is 4.79 Å². The van der Waals surface area contributed by atoms with E-state index in [9.17, 15) is 4.79 Å². The van der Waals surface area contributed by atoms with Crippen LogP contribution in [0.25, 0.3) is 0 Å². The SMILES string of the molecule is CNCc1ccccc1OCCN1CCNC1=O. The van der Waals surface area contributed by atoms with Gasteiger partial charge in [-0.2, -0.15) is 0 Å². The second-order valence-electron chi connectivity index (χ2n) is 4.21. The molecule has 98 valence electrons. The molecule has 18 heavy (non-hydrogen) atoms. The molecule has 1 aromatic rings. The van der Waals surface area contributed by atoms with Gasteiger partial charge in [-0.15, -0.1) is 0 Å². The molecule has 1 aliphatic heterocycles. The normalized spacial score (nSPS) is 14.7. The van der Waals surface area contributed by atoms with Crippen molar-refractivity contribution in [2.75, 3.05) is 33.3 Å². The molecule has 1 fully saturated rings. The Morgan fingerprint density at radius 2 is 2.28 bits per heavy atom. The minimum absolute atomic E-state index is 0.00195. The zero-order valence-electron chi connectivity index (χ0n) is 10.6. The quantitative estimate of drug-likeness (QED) is 0.784. The maximum absolute atomic E-state index is 11.3. The first-order valence-electron chi connectivity index (χ1n) is 6.19. The Morgan fingerprint density at radius 1 is 1.44 bits per heavy atom. The predicted octanol–water partition coefficient (Wildman–Crippen LogP) is 0.810. The number of carbonyl (C=O) groups is 1. The number of rotatable bonds is 6. The summed E-state index contributed by atoms with van der Waals surface area (Å²) < 4.78 is 5.74. The van der Waals surface area contributed by atoms with Crippen molar-refractivity contribution in [3.63, 3.8) is 0 Å². The third-order valence-electron chi connectivity index (χ3n) is 2.90. The minimum Gasteiger partial charge on any atom is -0.491 e. The van der Waals surface area contributed by atoms with Crippen LogP contribution < -0.4 is 15.4 Å². The molecule has 2 amide bonds. The minimum atomic E-state index is 0.00195. The summed E-state index contributed by atoms with van der Waals surface area (Å²) in [5.41, 5.74) is 1.13. The van der Waals surface area contributed by atoms with E-state index in [1.165, 1.54) is 0 Å². The molecule has 5 heteroatoms. The van der Waals surface area contributed by atoms with Crippen molar-refractivity contribution in [3.8, 4) is 5.75 Å². The van der Waals surface area contributed by atoms with Crippen LogP contribution >= 0.6 is 0 Å². The second-order valence-corrected chi connectivity index (χ2v) is 4.21. The molecule has 0 radical (unpaired) electrons. The Bertz CT molecular complexity index is 409. The Balaban J connectivity index is 1.84. The van der Waals surface area contributed by atoms with Gasteiger partial charge in [0.25, 0.3) is 0 Å². The molecule has 5 nitrogen and oxygen atoms in total. The van der Waals surface area contributed by atoms with Gasteiger partial charge >= 0.3 is 6.03 Å².